The van der Waals surface area contributed by atoms with Crippen molar-refractivity contribution in [1.29, 1.82) is 0 Å². The van der Waals surface area contributed by atoms with Crippen LogP contribution in [-0.4, -0.2) is 36.4 Å². The lowest BCUT2D eigenvalue weighted by atomic mass is 10.1. The Hall–Kier alpha value is -5.64. The van der Waals surface area contributed by atoms with E-state index in [0.29, 0.717) is 55.9 Å². The molecule has 0 saturated heterocycles. The minimum absolute atomic E-state index is 0.00645. The number of halogens is 2. The molecule has 0 aliphatic rings. The molecular weight excluding hydrogens is 610 g/mol. The Morgan fingerprint density at radius 2 is 1.13 bits per heavy atom. The third-order valence-corrected chi connectivity index (χ3v) is 6.87. The standard InChI is InChI=1S/C20H19FO4.C17H13FO4/c1-4-23-20(22)18-16-11-15(24-12(2)3)9-10-17(16)25-19(18)13-5-7-14(21)8-6-13;1-2-21-17(20)15-13-9-12(19)7-8-14(13)22-16(15)10-3-5-11(18)6-4-10/h5-12H,4H2,1-3H3;3-9,19H,2H2,1H3. The van der Waals surface area contributed by atoms with E-state index >= 15 is 0 Å². The number of hydrogen-bond donors (Lipinski definition) is 1. The van der Waals surface area contributed by atoms with Gasteiger partial charge in [0.15, 0.2) is 0 Å². The first-order chi connectivity index (χ1) is 22.6. The minimum Gasteiger partial charge on any atom is -0.508 e. The Bertz CT molecular complexity index is 2020. The molecule has 2 aromatic heterocycles. The van der Waals surface area contributed by atoms with E-state index in [-0.39, 0.29) is 42.3 Å². The number of rotatable bonds is 8. The first kappa shape index (κ1) is 32.7. The maximum absolute atomic E-state index is 13.2. The van der Waals surface area contributed by atoms with Crippen molar-refractivity contribution in [3.63, 3.8) is 0 Å². The number of carbonyl (C=O) groups excluding carboxylic acids is 2. The van der Waals surface area contributed by atoms with Crippen molar-refractivity contribution < 1.29 is 46.5 Å². The second-order valence-corrected chi connectivity index (χ2v) is 10.6. The van der Waals surface area contributed by atoms with Crippen LogP contribution < -0.4 is 4.74 Å². The Balaban J connectivity index is 0.000000186. The van der Waals surface area contributed by atoms with Gasteiger partial charge in [-0.25, -0.2) is 18.4 Å². The maximum atomic E-state index is 13.2. The number of furan rings is 2. The summed E-state index contributed by atoms with van der Waals surface area (Å²) in [7, 11) is 0. The lowest BCUT2D eigenvalue weighted by Crippen LogP contribution is -2.06. The van der Waals surface area contributed by atoms with Gasteiger partial charge in [-0.3, -0.25) is 0 Å². The molecule has 0 spiro atoms. The van der Waals surface area contributed by atoms with E-state index in [9.17, 15) is 23.5 Å². The van der Waals surface area contributed by atoms with Crippen LogP contribution in [0.4, 0.5) is 8.78 Å². The molecule has 242 valence electrons. The van der Waals surface area contributed by atoms with Crippen LogP contribution >= 0.6 is 0 Å². The normalized spacial score (nSPS) is 11.0. The van der Waals surface area contributed by atoms with Crippen molar-refractivity contribution in [2.24, 2.45) is 0 Å². The smallest absolute Gasteiger partial charge is 0.342 e. The van der Waals surface area contributed by atoms with Gasteiger partial charge in [-0.15, -0.1) is 0 Å². The fourth-order valence-corrected chi connectivity index (χ4v) is 4.93. The van der Waals surface area contributed by atoms with E-state index < -0.39 is 11.9 Å². The average Bonchev–Trinajstić information content (AvgIpc) is 3.60. The molecule has 0 aliphatic carbocycles. The summed E-state index contributed by atoms with van der Waals surface area (Å²) in [4.78, 5) is 24.8. The highest BCUT2D eigenvalue weighted by Gasteiger charge is 2.25. The molecule has 47 heavy (non-hydrogen) atoms. The van der Waals surface area contributed by atoms with Crippen molar-refractivity contribution in [2.75, 3.05) is 13.2 Å². The largest absolute Gasteiger partial charge is 0.508 e. The monoisotopic (exact) mass is 642 g/mol. The second kappa shape index (κ2) is 14.2. The van der Waals surface area contributed by atoms with Gasteiger partial charge in [0.2, 0.25) is 0 Å². The van der Waals surface area contributed by atoms with Crippen LogP contribution in [0.1, 0.15) is 48.4 Å². The van der Waals surface area contributed by atoms with Gasteiger partial charge in [0.25, 0.3) is 0 Å². The number of ether oxygens (including phenoxy) is 3. The Kier molecular flexibility index (Phi) is 9.89. The highest BCUT2D eigenvalue weighted by atomic mass is 19.1. The highest BCUT2D eigenvalue weighted by Crippen LogP contribution is 2.37. The van der Waals surface area contributed by atoms with Gasteiger partial charge < -0.3 is 28.2 Å². The molecule has 1 N–H and O–H groups in total. The molecule has 0 amide bonds. The Morgan fingerprint density at radius 1 is 0.681 bits per heavy atom. The van der Waals surface area contributed by atoms with E-state index in [0.717, 1.165) is 0 Å². The van der Waals surface area contributed by atoms with Crippen LogP contribution in [-0.2, 0) is 9.47 Å². The van der Waals surface area contributed by atoms with Crippen LogP contribution in [0.3, 0.4) is 0 Å². The van der Waals surface area contributed by atoms with E-state index in [1.165, 1.54) is 48.5 Å². The molecule has 0 atom stereocenters. The second-order valence-electron chi connectivity index (χ2n) is 10.6. The third kappa shape index (κ3) is 7.27. The summed E-state index contributed by atoms with van der Waals surface area (Å²) in [5.74, 6) is -0.466. The third-order valence-electron chi connectivity index (χ3n) is 6.87. The van der Waals surface area contributed by atoms with Crippen LogP contribution in [0.25, 0.3) is 44.6 Å². The number of aromatic hydroxyl groups is 1. The predicted molar refractivity (Wildman–Crippen MR) is 173 cm³/mol. The van der Waals surface area contributed by atoms with Crippen molar-refractivity contribution in [3.05, 3.63) is 108 Å². The number of fused-ring (bicyclic) bond motifs is 2. The highest BCUT2D eigenvalue weighted by molar-refractivity contribution is 6.10. The van der Waals surface area contributed by atoms with Gasteiger partial charge in [-0.1, -0.05) is 0 Å². The molecule has 0 radical (unpaired) electrons. The van der Waals surface area contributed by atoms with Crippen LogP contribution in [0.15, 0.2) is 93.8 Å². The number of phenols is 1. The van der Waals surface area contributed by atoms with Gasteiger partial charge in [0.1, 0.15) is 56.9 Å². The number of benzene rings is 4. The first-order valence-electron chi connectivity index (χ1n) is 14.9. The lowest BCUT2D eigenvalue weighted by molar-refractivity contribution is 0.0519. The molecule has 0 fully saturated rings. The van der Waals surface area contributed by atoms with Crippen molar-refractivity contribution in [2.45, 2.75) is 33.8 Å². The summed E-state index contributed by atoms with van der Waals surface area (Å²) < 4.78 is 53.9. The van der Waals surface area contributed by atoms with Gasteiger partial charge in [0.05, 0.1) is 19.3 Å². The number of esters is 2. The molecule has 8 nitrogen and oxygen atoms in total. The van der Waals surface area contributed by atoms with Gasteiger partial charge in [-0.05, 0) is 113 Å². The van der Waals surface area contributed by atoms with Crippen molar-refractivity contribution in [3.8, 4) is 34.1 Å². The summed E-state index contributed by atoms with van der Waals surface area (Å²) in [6.07, 6.45) is 0.00645. The fraction of sp³-hybridized carbons (Fsp3) is 0.189. The lowest BCUT2D eigenvalue weighted by Gasteiger charge is -2.09. The summed E-state index contributed by atoms with van der Waals surface area (Å²) >= 11 is 0. The summed E-state index contributed by atoms with van der Waals surface area (Å²) in [5.41, 5.74) is 2.68. The van der Waals surface area contributed by atoms with Crippen LogP contribution in [0, 0.1) is 11.6 Å². The fourth-order valence-electron chi connectivity index (χ4n) is 4.93. The first-order valence-corrected chi connectivity index (χ1v) is 14.9. The van der Waals surface area contributed by atoms with Crippen molar-refractivity contribution in [1.82, 2.24) is 0 Å². The molecule has 4 aromatic carbocycles. The Morgan fingerprint density at radius 3 is 1.57 bits per heavy atom. The van der Waals surface area contributed by atoms with Gasteiger partial charge in [-0.2, -0.15) is 0 Å². The zero-order valence-electron chi connectivity index (χ0n) is 26.1. The van der Waals surface area contributed by atoms with Gasteiger partial charge in [0, 0.05) is 21.9 Å². The van der Waals surface area contributed by atoms with E-state index in [4.69, 9.17) is 23.0 Å². The molecule has 6 rings (SSSR count). The predicted octanol–water partition coefficient (Wildman–Crippen LogP) is 9.32. The molecule has 6 aromatic rings. The molecule has 0 aliphatic heterocycles. The molecule has 0 bridgehead atoms. The van der Waals surface area contributed by atoms with E-state index in [2.05, 4.69) is 0 Å². The van der Waals surface area contributed by atoms with Gasteiger partial charge >= 0.3 is 11.9 Å². The number of carbonyl (C=O) groups is 2. The number of hydrogen-bond acceptors (Lipinski definition) is 8. The van der Waals surface area contributed by atoms with E-state index in [1.807, 2.05) is 13.8 Å². The SMILES string of the molecule is CCOC(=O)c1c(-c2ccc(F)cc2)oc2ccc(O)cc12.CCOC(=O)c1c(-c2ccc(F)cc2)oc2ccc(OC(C)C)cc12. The molecule has 2 heterocycles. The van der Waals surface area contributed by atoms with Crippen molar-refractivity contribution >= 4 is 33.9 Å². The summed E-state index contributed by atoms with van der Waals surface area (Å²) in [6.45, 7) is 7.76. The molecule has 0 saturated carbocycles. The van der Waals surface area contributed by atoms with Crippen LogP contribution in [0.5, 0.6) is 11.5 Å². The summed E-state index contributed by atoms with van der Waals surface area (Å²) in [6, 6.07) is 21.2. The quantitative estimate of drug-likeness (QED) is 0.164. The van der Waals surface area contributed by atoms with E-state index in [1.54, 1.807) is 50.2 Å². The number of phenolic OH excluding ortho intramolecular Hbond substituents is 1. The molecular formula is C37H32F2O8. The zero-order valence-corrected chi connectivity index (χ0v) is 26.1. The minimum atomic E-state index is -0.550. The molecule has 10 heteroatoms. The molecule has 0 unspecified atom stereocenters. The topological polar surface area (TPSA) is 108 Å². The van der Waals surface area contributed by atoms with Crippen LogP contribution in [0.2, 0.25) is 0 Å². The zero-order chi connectivity index (χ0) is 33.7. The maximum Gasteiger partial charge on any atom is 0.342 e. The Labute approximate surface area is 269 Å². The average molecular weight is 643 g/mol. The summed E-state index contributed by atoms with van der Waals surface area (Å²) in [5, 5.41) is 10.7.